The number of carbonyl (C=O) groups excluding carboxylic acids is 1. The maximum absolute atomic E-state index is 12.7. The van der Waals surface area contributed by atoms with Crippen LogP contribution in [-0.4, -0.2) is 20.4 Å². The van der Waals surface area contributed by atoms with Crippen LogP contribution in [0.3, 0.4) is 0 Å². The minimum Gasteiger partial charge on any atom is -0.356 e. The lowest BCUT2D eigenvalue weighted by Gasteiger charge is -2.34. The molecule has 1 aliphatic carbocycles. The molecule has 2 aromatic heterocycles. The molecular weight excluding hydrogens is 314 g/mol. The summed E-state index contributed by atoms with van der Waals surface area (Å²) in [6.07, 6.45) is 8.90. The highest BCUT2D eigenvalue weighted by Gasteiger charge is 2.32. The first-order chi connectivity index (χ1) is 12.3. The summed E-state index contributed by atoms with van der Waals surface area (Å²) in [5, 5.41) is 12.1. The molecule has 4 rings (SSSR count). The first kappa shape index (κ1) is 15.2. The number of aryl methyl sites for hydroxylation is 1. The molecule has 1 aliphatic rings. The number of amides is 1. The van der Waals surface area contributed by atoms with Crippen LogP contribution >= 0.6 is 0 Å². The lowest BCUT2D eigenvalue weighted by molar-refractivity contribution is 0.0913. The number of nitrogens with zero attached hydrogens (tertiary/aromatic N) is 3. The predicted molar refractivity (Wildman–Crippen MR) is 91.7 cm³/mol. The van der Waals surface area contributed by atoms with Gasteiger partial charge in [0.05, 0.1) is 24.0 Å². The Morgan fingerprint density at radius 2 is 2.28 bits per heavy atom. The van der Waals surface area contributed by atoms with E-state index in [0.29, 0.717) is 11.3 Å². The van der Waals surface area contributed by atoms with Gasteiger partial charge in [-0.2, -0.15) is 5.26 Å². The van der Waals surface area contributed by atoms with Gasteiger partial charge in [0.2, 0.25) is 0 Å². The molecule has 1 amide bonds. The van der Waals surface area contributed by atoms with Crippen molar-refractivity contribution in [2.45, 2.75) is 24.9 Å². The molecule has 2 heterocycles. The Morgan fingerprint density at radius 3 is 3.04 bits per heavy atom. The van der Waals surface area contributed by atoms with Crippen molar-refractivity contribution in [3.63, 3.8) is 0 Å². The van der Waals surface area contributed by atoms with Gasteiger partial charge in [-0.3, -0.25) is 4.79 Å². The second-order valence-electron chi connectivity index (χ2n) is 6.18. The first-order valence-electron chi connectivity index (χ1n) is 8.21. The van der Waals surface area contributed by atoms with Crippen LogP contribution in [0, 0.1) is 11.3 Å². The Bertz CT molecular complexity index is 935. The van der Waals surface area contributed by atoms with Crippen molar-refractivity contribution in [1.29, 1.82) is 5.26 Å². The highest BCUT2D eigenvalue weighted by atomic mass is 16.2. The van der Waals surface area contributed by atoms with Gasteiger partial charge < -0.3 is 14.9 Å². The lowest BCUT2D eigenvalue weighted by atomic mass is 9.83. The fraction of sp³-hybridized carbons (Fsp3) is 0.211. The second-order valence-corrected chi connectivity index (χ2v) is 6.18. The fourth-order valence-electron chi connectivity index (χ4n) is 3.51. The minimum atomic E-state index is -0.215. The number of H-pyrrole nitrogens is 1. The van der Waals surface area contributed by atoms with Gasteiger partial charge in [0.15, 0.2) is 0 Å². The molecule has 0 bridgehead atoms. The van der Waals surface area contributed by atoms with Crippen molar-refractivity contribution in [2.75, 3.05) is 0 Å². The third-order valence-corrected chi connectivity index (χ3v) is 4.74. The van der Waals surface area contributed by atoms with Gasteiger partial charge in [0.1, 0.15) is 11.8 Å². The van der Waals surface area contributed by atoms with E-state index in [1.54, 1.807) is 18.6 Å². The van der Waals surface area contributed by atoms with Crippen molar-refractivity contribution >= 4 is 5.91 Å². The van der Waals surface area contributed by atoms with Gasteiger partial charge in [0.25, 0.3) is 5.91 Å². The number of hydrogen-bond acceptors (Lipinski definition) is 3. The van der Waals surface area contributed by atoms with Crippen LogP contribution < -0.4 is 5.32 Å². The zero-order chi connectivity index (χ0) is 17.2. The van der Waals surface area contributed by atoms with E-state index in [1.807, 2.05) is 24.4 Å². The largest absolute Gasteiger partial charge is 0.356 e. The van der Waals surface area contributed by atoms with E-state index in [-0.39, 0.29) is 18.0 Å². The summed E-state index contributed by atoms with van der Waals surface area (Å²) in [7, 11) is 0. The van der Waals surface area contributed by atoms with Gasteiger partial charge in [-0.15, -0.1) is 0 Å². The quantitative estimate of drug-likeness (QED) is 0.773. The molecule has 0 aliphatic heterocycles. The van der Waals surface area contributed by atoms with E-state index in [2.05, 4.69) is 32.0 Å². The highest BCUT2D eigenvalue weighted by molar-refractivity contribution is 5.93. The smallest absolute Gasteiger partial charge is 0.268 e. The molecule has 0 spiro atoms. The molecule has 2 N–H and O–H groups in total. The Kier molecular flexibility index (Phi) is 3.82. The van der Waals surface area contributed by atoms with Gasteiger partial charge in [-0.05, 0) is 30.0 Å². The molecule has 25 heavy (non-hydrogen) atoms. The van der Waals surface area contributed by atoms with Gasteiger partial charge in [0, 0.05) is 18.6 Å². The van der Waals surface area contributed by atoms with E-state index in [1.165, 1.54) is 11.8 Å². The number of carbonyl (C=O) groups is 1. The molecule has 2 atom stereocenters. The Morgan fingerprint density at radius 1 is 1.40 bits per heavy atom. The molecule has 0 fully saturated rings. The Labute approximate surface area is 145 Å². The number of rotatable bonds is 3. The fourth-order valence-corrected chi connectivity index (χ4v) is 3.51. The number of hydrogen-bond donors (Lipinski definition) is 2. The van der Waals surface area contributed by atoms with Gasteiger partial charge in [-0.1, -0.05) is 24.3 Å². The van der Waals surface area contributed by atoms with Crippen molar-refractivity contribution in [2.24, 2.45) is 0 Å². The molecule has 0 unspecified atom stereocenters. The van der Waals surface area contributed by atoms with E-state index >= 15 is 0 Å². The normalized spacial score (nSPS) is 19.0. The maximum atomic E-state index is 12.7. The molecule has 6 nitrogen and oxygen atoms in total. The Balaban J connectivity index is 1.67. The lowest BCUT2D eigenvalue weighted by Crippen LogP contribution is -2.37. The molecule has 0 saturated carbocycles. The van der Waals surface area contributed by atoms with Gasteiger partial charge in [-0.25, -0.2) is 4.98 Å². The highest BCUT2D eigenvalue weighted by Crippen LogP contribution is 2.37. The molecule has 3 aromatic rings. The summed E-state index contributed by atoms with van der Waals surface area (Å²) in [4.78, 5) is 19.7. The molecule has 0 saturated heterocycles. The van der Waals surface area contributed by atoms with Crippen molar-refractivity contribution in [3.8, 4) is 6.07 Å². The third kappa shape index (κ3) is 2.81. The maximum Gasteiger partial charge on any atom is 0.268 e. The second kappa shape index (κ2) is 6.29. The van der Waals surface area contributed by atoms with Crippen LogP contribution in [0.2, 0.25) is 0 Å². The van der Waals surface area contributed by atoms with Crippen LogP contribution in [0.5, 0.6) is 0 Å². The van der Waals surface area contributed by atoms with Crippen LogP contribution in [0.4, 0.5) is 0 Å². The summed E-state index contributed by atoms with van der Waals surface area (Å²) in [6, 6.07) is 11.8. The topological polar surface area (TPSA) is 86.5 Å². The average molecular weight is 331 g/mol. The molecule has 6 heteroatoms. The zero-order valence-corrected chi connectivity index (χ0v) is 13.5. The summed E-state index contributed by atoms with van der Waals surface area (Å²) in [6.45, 7) is 0. The van der Waals surface area contributed by atoms with Gasteiger partial charge >= 0.3 is 0 Å². The summed E-state index contributed by atoms with van der Waals surface area (Å²) < 4.78 is 2.05. The molecule has 1 aromatic carbocycles. The summed E-state index contributed by atoms with van der Waals surface area (Å²) in [5.74, 6) is -0.215. The third-order valence-electron chi connectivity index (χ3n) is 4.74. The standard InChI is InChI=1S/C19H17N5O/c20-10-13-9-16(22-11-13)19(25)23-18-15-4-2-1-3-14(15)5-6-17(18)24-8-7-21-12-24/h1-4,7-9,11-12,17-18,22H,5-6H2,(H,23,25)/t17-,18-/m1/s1. The summed E-state index contributed by atoms with van der Waals surface area (Å²) >= 11 is 0. The number of aromatic nitrogens is 3. The van der Waals surface area contributed by atoms with Crippen LogP contribution in [0.1, 0.15) is 45.7 Å². The predicted octanol–water partition coefficient (Wildman–Crippen LogP) is 2.74. The molecular formula is C19H17N5O. The van der Waals surface area contributed by atoms with Crippen LogP contribution in [0.15, 0.2) is 55.2 Å². The molecule has 124 valence electrons. The number of fused-ring (bicyclic) bond motifs is 1. The number of nitriles is 1. The van der Waals surface area contributed by atoms with Crippen molar-refractivity contribution < 1.29 is 4.79 Å². The van der Waals surface area contributed by atoms with Crippen molar-refractivity contribution in [1.82, 2.24) is 19.9 Å². The number of benzene rings is 1. The number of nitrogens with one attached hydrogen (secondary N) is 2. The van der Waals surface area contributed by atoms with E-state index < -0.39 is 0 Å². The average Bonchev–Trinajstić information content (AvgIpc) is 3.33. The van der Waals surface area contributed by atoms with Crippen LogP contribution in [-0.2, 0) is 6.42 Å². The number of aromatic amines is 1. The van der Waals surface area contributed by atoms with E-state index in [0.717, 1.165) is 18.4 Å². The Hall–Kier alpha value is -3.33. The van der Waals surface area contributed by atoms with Crippen LogP contribution in [0.25, 0.3) is 0 Å². The monoisotopic (exact) mass is 331 g/mol. The van der Waals surface area contributed by atoms with Crippen molar-refractivity contribution in [3.05, 3.63) is 77.6 Å². The first-order valence-corrected chi connectivity index (χ1v) is 8.21. The van der Waals surface area contributed by atoms with E-state index in [9.17, 15) is 4.79 Å². The number of imidazole rings is 1. The summed E-state index contributed by atoms with van der Waals surface area (Å²) in [5.41, 5.74) is 3.23. The molecule has 0 radical (unpaired) electrons. The zero-order valence-electron chi connectivity index (χ0n) is 13.5. The minimum absolute atomic E-state index is 0.103. The van der Waals surface area contributed by atoms with E-state index in [4.69, 9.17) is 5.26 Å². The SMILES string of the molecule is N#Cc1c[nH]c(C(=O)N[C@@H]2c3ccccc3CC[C@H]2n2ccnc2)c1.